The summed E-state index contributed by atoms with van der Waals surface area (Å²) in [4.78, 5) is 14.3. The standard InChI is InChI=1S/C18H17ClFNO2/c1-11-5-6-12(10-16(11)23-2)18(22)21-9-3-4-13-14(19)7-8-15(20)17(13)21/h5-8,10H,3-4,9H2,1-2H3. The Kier molecular flexibility index (Phi) is 4.26. The fourth-order valence-corrected chi connectivity index (χ4v) is 3.20. The average Bonchev–Trinajstić information content (AvgIpc) is 2.57. The molecule has 1 amide bonds. The smallest absolute Gasteiger partial charge is 0.258 e. The number of fused-ring (bicyclic) bond motifs is 1. The molecule has 0 fully saturated rings. The van der Waals surface area contributed by atoms with Crippen LogP contribution < -0.4 is 9.64 Å². The molecule has 0 aromatic heterocycles. The predicted molar refractivity (Wildman–Crippen MR) is 89.1 cm³/mol. The lowest BCUT2D eigenvalue weighted by Crippen LogP contribution is -2.36. The van der Waals surface area contributed by atoms with Crippen molar-refractivity contribution < 1.29 is 13.9 Å². The van der Waals surface area contributed by atoms with Crippen molar-refractivity contribution in [2.24, 2.45) is 0 Å². The summed E-state index contributed by atoms with van der Waals surface area (Å²) >= 11 is 6.17. The number of carbonyl (C=O) groups excluding carboxylic acids is 1. The summed E-state index contributed by atoms with van der Waals surface area (Å²) in [6.07, 6.45) is 1.43. The zero-order valence-corrected chi connectivity index (χ0v) is 13.8. The third-order valence-electron chi connectivity index (χ3n) is 4.15. The molecule has 23 heavy (non-hydrogen) atoms. The maximum Gasteiger partial charge on any atom is 0.258 e. The molecule has 0 unspecified atom stereocenters. The van der Waals surface area contributed by atoms with Gasteiger partial charge in [-0.1, -0.05) is 17.7 Å². The van der Waals surface area contributed by atoms with Gasteiger partial charge in [-0.05, 0) is 55.2 Å². The van der Waals surface area contributed by atoms with Gasteiger partial charge >= 0.3 is 0 Å². The summed E-state index contributed by atoms with van der Waals surface area (Å²) in [7, 11) is 1.56. The number of ether oxygens (including phenoxy) is 1. The van der Waals surface area contributed by atoms with Gasteiger partial charge in [0.25, 0.3) is 5.91 Å². The van der Waals surface area contributed by atoms with Crippen LogP contribution in [0, 0.1) is 12.7 Å². The van der Waals surface area contributed by atoms with Crippen LogP contribution in [0.25, 0.3) is 0 Å². The average molecular weight is 334 g/mol. The highest BCUT2D eigenvalue weighted by Gasteiger charge is 2.28. The molecular weight excluding hydrogens is 317 g/mol. The van der Waals surface area contributed by atoms with Gasteiger partial charge in [-0.15, -0.1) is 0 Å². The van der Waals surface area contributed by atoms with Crippen LogP contribution in [0.15, 0.2) is 30.3 Å². The molecule has 0 bridgehead atoms. The van der Waals surface area contributed by atoms with E-state index in [2.05, 4.69) is 0 Å². The van der Waals surface area contributed by atoms with Gasteiger partial charge in [0.05, 0.1) is 12.8 Å². The van der Waals surface area contributed by atoms with Gasteiger partial charge < -0.3 is 9.64 Å². The molecular formula is C18H17ClFNO2. The van der Waals surface area contributed by atoms with Gasteiger partial charge in [0.2, 0.25) is 0 Å². The van der Waals surface area contributed by atoms with Crippen LogP contribution in [-0.2, 0) is 6.42 Å². The van der Waals surface area contributed by atoms with E-state index in [1.54, 1.807) is 25.3 Å². The first-order chi connectivity index (χ1) is 11.0. The van der Waals surface area contributed by atoms with E-state index in [1.165, 1.54) is 11.0 Å². The first kappa shape index (κ1) is 15.8. The van der Waals surface area contributed by atoms with Gasteiger partial charge in [0.1, 0.15) is 11.6 Å². The molecule has 2 aromatic rings. The lowest BCUT2D eigenvalue weighted by molar-refractivity contribution is 0.0984. The Morgan fingerprint density at radius 2 is 2.09 bits per heavy atom. The second-order valence-corrected chi connectivity index (χ2v) is 6.01. The zero-order valence-electron chi connectivity index (χ0n) is 13.0. The van der Waals surface area contributed by atoms with E-state index in [1.807, 2.05) is 13.0 Å². The topological polar surface area (TPSA) is 29.5 Å². The molecule has 1 aliphatic rings. The number of anilines is 1. The third-order valence-corrected chi connectivity index (χ3v) is 4.51. The molecule has 3 rings (SSSR count). The monoisotopic (exact) mass is 333 g/mol. The number of aryl methyl sites for hydroxylation is 1. The van der Waals surface area contributed by atoms with Gasteiger partial charge in [-0.25, -0.2) is 4.39 Å². The van der Waals surface area contributed by atoms with E-state index < -0.39 is 5.82 Å². The number of halogens is 2. The molecule has 0 radical (unpaired) electrons. The number of nitrogens with zero attached hydrogens (tertiary/aromatic N) is 1. The van der Waals surface area contributed by atoms with Gasteiger partial charge in [-0.2, -0.15) is 0 Å². The Morgan fingerprint density at radius 1 is 1.30 bits per heavy atom. The van der Waals surface area contributed by atoms with E-state index in [0.29, 0.717) is 40.6 Å². The molecule has 0 saturated carbocycles. The molecule has 3 nitrogen and oxygen atoms in total. The predicted octanol–water partition coefficient (Wildman–Crippen LogP) is 4.39. The zero-order chi connectivity index (χ0) is 16.6. The van der Waals surface area contributed by atoms with Crippen molar-refractivity contribution in [2.75, 3.05) is 18.6 Å². The van der Waals surface area contributed by atoms with Crippen LogP contribution in [0.2, 0.25) is 5.02 Å². The van der Waals surface area contributed by atoms with Crippen LogP contribution in [0.3, 0.4) is 0 Å². The Labute approximate surface area is 139 Å². The third kappa shape index (κ3) is 2.79. The number of carbonyl (C=O) groups is 1. The van der Waals surface area contributed by atoms with Crippen molar-refractivity contribution in [1.29, 1.82) is 0 Å². The van der Waals surface area contributed by atoms with E-state index >= 15 is 0 Å². The van der Waals surface area contributed by atoms with Crippen LogP contribution in [0.1, 0.15) is 27.9 Å². The Balaban J connectivity index is 2.04. The number of amides is 1. The fourth-order valence-electron chi connectivity index (χ4n) is 2.95. The summed E-state index contributed by atoms with van der Waals surface area (Å²) in [5.74, 6) is -0.0263. The summed E-state index contributed by atoms with van der Waals surface area (Å²) in [6.45, 7) is 2.38. The first-order valence-electron chi connectivity index (χ1n) is 7.46. The molecule has 2 aromatic carbocycles. The molecule has 120 valence electrons. The molecule has 0 aliphatic carbocycles. The van der Waals surface area contributed by atoms with Crippen LogP contribution >= 0.6 is 11.6 Å². The van der Waals surface area contributed by atoms with Gasteiger partial charge in [-0.3, -0.25) is 4.79 Å². The summed E-state index contributed by atoms with van der Waals surface area (Å²) in [5, 5.41) is 0.500. The van der Waals surface area contributed by atoms with Crippen molar-refractivity contribution in [3.8, 4) is 5.75 Å². The fraction of sp³-hybridized carbons (Fsp3) is 0.278. The van der Waals surface area contributed by atoms with Crippen LogP contribution in [-0.4, -0.2) is 19.6 Å². The van der Waals surface area contributed by atoms with Crippen LogP contribution in [0.4, 0.5) is 10.1 Å². The molecule has 5 heteroatoms. The second-order valence-electron chi connectivity index (χ2n) is 5.60. The highest BCUT2D eigenvalue weighted by Crippen LogP contribution is 2.36. The molecule has 0 N–H and O–H groups in total. The number of hydrogen-bond donors (Lipinski definition) is 0. The highest BCUT2D eigenvalue weighted by atomic mass is 35.5. The Morgan fingerprint density at radius 3 is 2.83 bits per heavy atom. The Hall–Kier alpha value is -2.07. The quantitative estimate of drug-likeness (QED) is 0.815. The molecule has 0 spiro atoms. The largest absolute Gasteiger partial charge is 0.496 e. The maximum absolute atomic E-state index is 14.3. The minimum absolute atomic E-state index is 0.245. The van der Waals surface area contributed by atoms with Crippen molar-refractivity contribution >= 4 is 23.2 Å². The van der Waals surface area contributed by atoms with Gasteiger partial charge in [0, 0.05) is 17.1 Å². The first-order valence-corrected chi connectivity index (χ1v) is 7.84. The minimum atomic E-state index is -0.420. The summed E-state index contributed by atoms with van der Waals surface area (Å²) < 4.78 is 19.6. The normalized spacial score (nSPS) is 13.7. The summed E-state index contributed by atoms with van der Waals surface area (Å²) in [6, 6.07) is 8.09. The SMILES string of the molecule is COc1cc(C(=O)N2CCCc3c(Cl)ccc(F)c32)ccc1C. The van der Waals surface area contributed by atoms with Crippen molar-refractivity contribution in [3.05, 3.63) is 57.9 Å². The van der Waals surface area contributed by atoms with E-state index in [9.17, 15) is 9.18 Å². The van der Waals surface area contributed by atoms with Crippen molar-refractivity contribution in [1.82, 2.24) is 0 Å². The van der Waals surface area contributed by atoms with E-state index in [4.69, 9.17) is 16.3 Å². The second kappa shape index (κ2) is 6.20. The molecule has 1 aliphatic heterocycles. The number of rotatable bonds is 2. The molecule has 1 heterocycles. The number of hydrogen-bond acceptors (Lipinski definition) is 2. The lowest BCUT2D eigenvalue weighted by Gasteiger charge is -2.30. The Bertz CT molecular complexity index is 776. The maximum atomic E-state index is 14.3. The van der Waals surface area contributed by atoms with Gasteiger partial charge in [0.15, 0.2) is 0 Å². The summed E-state index contributed by atoms with van der Waals surface area (Å²) in [5.41, 5.74) is 2.41. The highest BCUT2D eigenvalue weighted by molar-refractivity contribution is 6.32. The minimum Gasteiger partial charge on any atom is -0.496 e. The van der Waals surface area contributed by atoms with E-state index in [-0.39, 0.29) is 5.91 Å². The van der Waals surface area contributed by atoms with Crippen LogP contribution in [0.5, 0.6) is 5.75 Å². The van der Waals surface area contributed by atoms with E-state index in [0.717, 1.165) is 12.0 Å². The number of methoxy groups -OCH3 is 1. The van der Waals surface area contributed by atoms with Crippen molar-refractivity contribution in [3.63, 3.8) is 0 Å². The molecule has 0 atom stereocenters. The molecule has 0 saturated heterocycles. The van der Waals surface area contributed by atoms with Crippen molar-refractivity contribution in [2.45, 2.75) is 19.8 Å². The number of benzene rings is 2. The lowest BCUT2D eigenvalue weighted by atomic mass is 10.00.